The Morgan fingerprint density at radius 2 is 0.487 bits per heavy atom. The minimum atomic E-state index is 0.372. The number of rotatable bonds is 12. The molecule has 0 atom stereocenters. The summed E-state index contributed by atoms with van der Waals surface area (Å²) < 4.78 is 13.0. The molecule has 0 aliphatic rings. The quantitative estimate of drug-likeness (QED) is 0.111. The monoisotopic (exact) mass is 1910 g/mol. The van der Waals surface area contributed by atoms with Crippen molar-refractivity contribution in [2.45, 2.75) is 0 Å². The van der Waals surface area contributed by atoms with Gasteiger partial charge in [-0.25, -0.2) is 19.4 Å². The van der Waals surface area contributed by atoms with Gasteiger partial charge in [0, 0.05) is 76.1 Å². The van der Waals surface area contributed by atoms with Gasteiger partial charge in [0.05, 0.1) is 179 Å². The van der Waals surface area contributed by atoms with Crippen molar-refractivity contribution < 1.29 is 0 Å². The second-order valence-corrected chi connectivity index (χ2v) is 36.7. The highest BCUT2D eigenvalue weighted by molar-refractivity contribution is 6.18. The van der Waals surface area contributed by atoms with E-state index in [2.05, 4.69) is 312 Å². The first-order chi connectivity index (χ1) is 74.1. The molecule has 6 heterocycles. The predicted molar refractivity (Wildman–Crippen MR) is 607 cm³/mol. The van der Waals surface area contributed by atoms with Gasteiger partial charge in [-0.3, -0.25) is 0 Å². The number of nitriles is 5. The van der Waals surface area contributed by atoms with Crippen molar-refractivity contribution in [1.29, 1.82) is 26.3 Å². The molecular weight excluding hydrogens is 1830 g/mol. The van der Waals surface area contributed by atoms with E-state index in [0.29, 0.717) is 73.2 Å². The zero-order valence-electron chi connectivity index (χ0n) is 80.0. The first-order valence-electron chi connectivity index (χ1n) is 48.8. The van der Waals surface area contributed by atoms with Crippen LogP contribution in [0.4, 0.5) is 22.7 Å². The molecule has 0 aliphatic carbocycles. The molecule has 150 heavy (non-hydrogen) atoms. The molecule has 0 spiro atoms. The minimum absolute atomic E-state index is 0.372. The fraction of sp³-hybridized carbons (Fsp3) is 0. The Morgan fingerprint density at radius 3 is 0.920 bits per heavy atom. The van der Waals surface area contributed by atoms with Crippen LogP contribution in [-0.2, 0) is 0 Å². The lowest BCUT2D eigenvalue weighted by Gasteiger charge is -2.19. The largest absolute Gasteiger partial charge is 0.328 e. The number of hydrogen-bond acceptors (Lipinski definition) is 5. The standard InChI is InChI=1S/3C45H25N5/c1-47-39-17-9-15-36(44(39)50-43-26-21-29(28-46)27-38(43)37-16-10-18-40(48-2)45(37)50)33-12-4-3-11-32(33)30-22-24-31(25-23-30)49-41-19-7-5-13-34(41)35-14-6-8-20-42(35)49;1-48-39-26-37(30(28-47)25-45(39)50-43-21-11-7-17-36(43)38-24-29(27-46)22-23-44(38)50)32-13-3-2-12-31(32)33-14-4-8-18-40(33)49-41-19-9-5-15-34(41)35-16-6-10-20-42(35)49;1-48-39-26-30(25-31(28-47)45(39)50-43-21-11-7-17-37(43)38-24-29(27-46)22-23-44(38)50)32-12-2-3-13-33(32)34-14-4-8-18-40(34)49-41-19-9-5-15-35(41)36-16-6-10-20-42(36)49/h3-27H;2*2-26H. The molecule has 0 fully saturated rings. The lowest BCUT2D eigenvalue weighted by atomic mass is 9.90. The molecule has 0 saturated carbocycles. The Morgan fingerprint density at radius 1 is 0.173 bits per heavy atom. The van der Waals surface area contributed by atoms with Gasteiger partial charge in [0.2, 0.25) is 22.7 Å². The molecule has 15 heteroatoms. The van der Waals surface area contributed by atoms with Crippen molar-refractivity contribution in [3.05, 3.63) is 528 Å². The second-order valence-electron chi connectivity index (χ2n) is 36.7. The van der Waals surface area contributed by atoms with Gasteiger partial charge in [0.1, 0.15) is 0 Å². The molecule has 0 unspecified atom stereocenters. The molecule has 6 aromatic heterocycles. The Bertz CT molecular complexity index is 10600. The normalized spacial score (nSPS) is 11.1. The van der Waals surface area contributed by atoms with Crippen molar-refractivity contribution in [1.82, 2.24) is 27.4 Å². The van der Waals surface area contributed by atoms with E-state index >= 15 is 0 Å². The maximum Gasteiger partial charge on any atom is 0.212 e. The van der Waals surface area contributed by atoms with E-state index in [1.807, 2.05) is 202 Å². The third-order valence-electron chi connectivity index (χ3n) is 28.8. The zero-order valence-corrected chi connectivity index (χ0v) is 80.0. The highest BCUT2D eigenvalue weighted by Crippen LogP contribution is 2.51. The van der Waals surface area contributed by atoms with Gasteiger partial charge in [-0.15, -0.1) is 0 Å². The van der Waals surface area contributed by atoms with Crippen LogP contribution >= 0.6 is 0 Å². The molecule has 0 saturated heterocycles. The summed E-state index contributed by atoms with van der Waals surface area (Å²) in [5.74, 6) is 0. The molecule has 0 amide bonds. The van der Waals surface area contributed by atoms with Gasteiger partial charge < -0.3 is 27.4 Å². The number of para-hydroxylation sites is 12. The highest BCUT2D eigenvalue weighted by Gasteiger charge is 2.29. The first kappa shape index (κ1) is 89.2. The van der Waals surface area contributed by atoms with E-state index in [4.69, 9.17) is 26.3 Å². The molecule has 0 radical (unpaired) electrons. The summed E-state index contributed by atoms with van der Waals surface area (Å²) in [4.78, 5) is 15.9. The predicted octanol–water partition coefficient (Wildman–Crippen LogP) is 35.2. The maximum atomic E-state index is 10.7. The average molecular weight is 1910 g/mol. The summed E-state index contributed by atoms with van der Waals surface area (Å²) in [6, 6.07) is 164. The molecule has 15 nitrogen and oxygen atoms in total. The van der Waals surface area contributed by atoms with E-state index in [1.54, 1.807) is 18.2 Å². The van der Waals surface area contributed by atoms with E-state index in [0.717, 1.165) is 177 Å². The molecule has 0 N–H and O–H groups in total. The van der Waals surface area contributed by atoms with Gasteiger partial charge in [-0.1, -0.05) is 303 Å². The van der Waals surface area contributed by atoms with Crippen LogP contribution in [0, 0.1) is 82.9 Å². The van der Waals surface area contributed by atoms with Crippen molar-refractivity contribution in [2.75, 3.05) is 0 Å². The fourth-order valence-corrected chi connectivity index (χ4v) is 22.5. The van der Waals surface area contributed by atoms with E-state index < -0.39 is 0 Å². The Labute approximate surface area is 861 Å². The first-order valence-corrected chi connectivity index (χ1v) is 48.8. The summed E-state index contributed by atoms with van der Waals surface area (Å²) in [5, 5.41) is 63.0. The number of benzene rings is 21. The topological polar surface area (TPSA) is 166 Å². The highest BCUT2D eigenvalue weighted by atomic mass is 15.0. The minimum Gasteiger partial charge on any atom is -0.328 e. The van der Waals surface area contributed by atoms with Crippen molar-refractivity contribution in [3.63, 3.8) is 0 Å². The Hall–Kier alpha value is -22.2. The van der Waals surface area contributed by atoms with Crippen LogP contribution < -0.4 is 0 Å². The van der Waals surface area contributed by atoms with Gasteiger partial charge in [-0.2, -0.15) is 26.3 Å². The molecule has 690 valence electrons. The molecule has 27 aromatic rings. The van der Waals surface area contributed by atoms with Crippen LogP contribution in [0.5, 0.6) is 0 Å². The van der Waals surface area contributed by atoms with Crippen molar-refractivity contribution >= 4 is 154 Å². The van der Waals surface area contributed by atoms with Crippen LogP contribution in [0.3, 0.4) is 0 Å². The summed E-state index contributed by atoms with van der Waals surface area (Å²) >= 11 is 0. The second kappa shape index (κ2) is 37.0. The van der Waals surface area contributed by atoms with Crippen LogP contribution in [0.15, 0.2) is 455 Å². The van der Waals surface area contributed by atoms with Crippen molar-refractivity contribution in [2.24, 2.45) is 0 Å². The molecule has 0 aliphatic heterocycles. The number of fused-ring (bicyclic) bond motifs is 18. The average Bonchev–Trinajstić information content (AvgIpc) is 1.58. The summed E-state index contributed by atoms with van der Waals surface area (Å²) in [7, 11) is 0. The van der Waals surface area contributed by atoms with Gasteiger partial charge in [-0.05, 0) is 213 Å². The molecule has 27 rings (SSSR count). The third kappa shape index (κ3) is 14.5. The van der Waals surface area contributed by atoms with Crippen LogP contribution in [0.2, 0.25) is 0 Å². The number of aromatic nitrogens is 6. The van der Waals surface area contributed by atoms with Gasteiger partial charge in [0.25, 0.3) is 0 Å². The molecular formula is C135H75N15. The van der Waals surface area contributed by atoms with Crippen LogP contribution in [0.25, 0.3) is 251 Å². The lowest BCUT2D eigenvalue weighted by molar-refractivity contribution is 1.17. The lowest BCUT2D eigenvalue weighted by Crippen LogP contribution is -2.00. The van der Waals surface area contributed by atoms with Gasteiger partial charge >= 0.3 is 0 Å². The number of hydrogen-bond donors (Lipinski definition) is 0. The van der Waals surface area contributed by atoms with E-state index in [-0.39, 0.29) is 0 Å². The van der Waals surface area contributed by atoms with Gasteiger partial charge in [0.15, 0.2) is 0 Å². The SMILES string of the molecule is [C-]#[N+]c1cc(-c2ccccc2-c2ccccc2-n2c3ccccc3c3ccccc32)c(C#N)cc1-n1c2ccccc2c2cc(C#N)ccc21.[C-]#[N+]c1cc(-c2ccccc2-c2ccccc2-n2c3ccccc3c3ccccc32)cc(C#N)c1-n1c2ccccc2c2cc(C#N)ccc21.[C-]#[N+]c1cccc(-c2ccccc2-c2ccc(-n3c4ccccc4c4ccccc43)cc2)c1-n1c2ccc(C#N)cc2c2cccc([N+]#[C-])c21. The summed E-state index contributed by atoms with van der Waals surface area (Å²) in [6.45, 7) is 33.0. The Kier molecular flexibility index (Phi) is 22.0. The Balaban J connectivity index is 0.000000116. The molecule has 0 bridgehead atoms. The summed E-state index contributed by atoms with van der Waals surface area (Å²) in [5.41, 5.74) is 32.3. The van der Waals surface area contributed by atoms with Crippen LogP contribution in [-0.4, -0.2) is 27.4 Å². The molecule has 21 aromatic carbocycles. The van der Waals surface area contributed by atoms with E-state index in [1.165, 1.54) is 32.3 Å². The zero-order chi connectivity index (χ0) is 101. The maximum absolute atomic E-state index is 10.7. The smallest absolute Gasteiger partial charge is 0.212 e. The summed E-state index contributed by atoms with van der Waals surface area (Å²) in [6.07, 6.45) is 0. The van der Waals surface area contributed by atoms with E-state index in [9.17, 15) is 26.3 Å². The van der Waals surface area contributed by atoms with Crippen LogP contribution in [0.1, 0.15) is 27.8 Å². The fourth-order valence-electron chi connectivity index (χ4n) is 22.5. The van der Waals surface area contributed by atoms with Crippen molar-refractivity contribution in [3.8, 4) is 131 Å². The third-order valence-corrected chi connectivity index (χ3v) is 28.8. The number of nitrogens with zero attached hydrogens (tertiary/aromatic N) is 15.